The van der Waals surface area contributed by atoms with Crippen molar-refractivity contribution in [2.45, 2.75) is 45.2 Å². The van der Waals surface area contributed by atoms with E-state index < -0.39 is 17.5 Å². The molecule has 0 saturated carbocycles. The quantitative estimate of drug-likeness (QED) is 0.753. The van der Waals surface area contributed by atoms with Crippen molar-refractivity contribution in [1.82, 2.24) is 10.6 Å². The molecule has 0 heterocycles. The predicted octanol–water partition coefficient (Wildman–Crippen LogP) is 3.34. The molecule has 1 aromatic carbocycles. The first-order chi connectivity index (χ1) is 9.86. The first kappa shape index (κ1) is 17.3. The van der Waals surface area contributed by atoms with Gasteiger partial charge < -0.3 is 15.7 Å². The highest BCUT2D eigenvalue weighted by Gasteiger charge is 2.36. The molecular weight excluding hydrogens is 292 g/mol. The second kappa shape index (κ2) is 7.31. The Morgan fingerprint density at radius 1 is 1.29 bits per heavy atom. The number of hydrogen-bond donors (Lipinski definition) is 3. The molecule has 0 fully saturated rings. The molecule has 0 aromatic heterocycles. The van der Waals surface area contributed by atoms with E-state index in [1.54, 1.807) is 26.8 Å². The summed E-state index contributed by atoms with van der Waals surface area (Å²) in [6.07, 6.45) is 0.624. The van der Waals surface area contributed by atoms with Crippen molar-refractivity contribution in [3.05, 3.63) is 34.9 Å². The summed E-state index contributed by atoms with van der Waals surface area (Å²) in [6.45, 7) is 5.26. The van der Waals surface area contributed by atoms with E-state index >= 15 is 0 Å². The van der Waals surface area contributed by atoms with Crippen LogP contribution >= 0.6 is 11.6 Å². The Labute approximate surface area is 129 Å². The summed E-state index contributed by atoms with van der Waals surface area (Å²) in [5.74, 6) is -1.03. The summed E-state index contributed by atoms with van der Waals surface area (Å²) in [5, 5.41) is 15.1. The molecule has 1 unspecified atom stereocenters. The third kappa shape index (κ3) is 4.11. The van der Waals surface area contributed by atoms with Gasteiger partial charge in [-0.05, 0) is 31.4 Å². The smallest absolute Gasteiger partial charge is 0.329 e. The molecule has 5 nitrogen and oxygen atoms in total. The second-order valence-electron chi connectivity index (χ2n) is 4.94. The second-order valence-corrected chi connectivity index (χ2v) is 5.34. The minimum Gasteiger partial charge on any atom is -0.480 e. The highest BCUT2D eigenvalue weighted by atomic mass is 35.5. The van der Waals surface area contributed by atoms with Gasteiger partial charge in [0.25, 0.3) is 0 Å². The van der Waals surface area contributed by atoms with Gasteiger partial charge in [-0.2, -0.15) is 0 Å². The Morgan fingerprint density at radius 3 is 2.33 bits per heavy atom. The van der Waals surface area contributed by atoms with Crippen LogP contribution in [0.25, 0.3) is 0 Å². The number of urea groups is 1. The third-order valence-electron chi connectivity index (χ3n) is 3.69. The van der Waals surface area contributed by atoms with Crippen LogP contribution in [-0.4, -0.2) is 22.6 Å². The molecule has 0 aliphatic carbocycles. The van der Waals surface area contributed by atoms with Gasteiger partial charge in [0, 0.05) is 5.02 Å². The Bertz CT molecular complexity index is 515. The molecule has 1 aromatic rings. The van der Waals surface area contributed by atoms with Crippen LogP contribution in [0.4, 0.5) is 4.79 Å². The van der Waals surface area contributed by atoms with Crippen molar-refractivity contribution < 1.29 is 14.7 Å². The summed E-state index contributed by atoms with van der Waals surface area (Å²) in [5.41, 5.74) is -0.465. The number of hydrogen-bond acceptors (Lipinski definition) is 2. The Balaban J connectivity index is 2.77. The molecule has 0 saturated heterocycles. The lowest BCUT2D eigenvalue weighted by atomic mass is 9.93. The van der Waals surface area contributed by atoms with E-state index in [0.29, 0.717) is 17.9 Å². The van der Waals surface area contributed by atoms with Crippen LogP contribution in [-0.2, 0) is 4.79 Å². The summed E-state index contributed by atoms with van der Waals surface area (Å²) >= 11 is 6.07. The van der Waals surface area contributed by atoms with Gasteiger partial charge in [-0.15, -0.1) is 0 Å². The van der Waals surface area contributed by atoms with Crippen molar-refractivity contribution in [3.8, 4) is 0 Å². The Morgan fingerprint density at radius 2 is 1.86 bits per heavy atom. The molecule has 21 heavy (non-hydrogen) atoms. The van der Waals surface area contributed by atoms with E-state index in [9.17, 15) is 14.7 Å². The fourth-order valence-corrected chi connectivity index (χ4v) is 2.44. The highest BCUT2D eigenvalue weighted by molar-refractivity contribution is 6.31. The average molecular weight is 313 g/mol. The van der Waals surface area contributed by atoms with Crippen LogP contribution in [0, 0.1) is 0 Å². The number of aliphatic carboxylic acids is 1. The largest absolute Gasteiger partial charge is 0.480 e. The molecule has 0 aliphatic heterocycles. The van der Waals surface area contributed by atoms with Gasteiger partial charge in [0.2, 0.25) is 0 Å². The zero-order chi connectivity index (χ0) is 16.0. The Hall–Kier alpha value is -1.75. The monoisotopic (exact) mass is 312 g/mol. The maximum Gasteiger partial charge on any atom is 0.329 e. The van der Waals surface area contributed by atoms with Crippen molar-refractivity contribution in [2.75, 3.05) is 0 Å². The van der Waals surface area contributed by atoms with E-state index in [1.807, 2.05) is 18.2 Å². The fourth-order valence-electron chi connectivity index (χ4n) is 2.14. The SMILES string of the molecule is CCC(CC)(NC(=O)NC(C)c1ccccc1Cl)C(=O)O. The van der Waals surface area contributed by atoms with E-state index in [4.69, 9.17) is 11.6 Å². The molecule has 1 rings (SSSR count). The van der Waals surface area contributed by atoms with Crippen LogP contribution in [0.1, 0.15) is 45.2 Å². The first-order valence-electron chi connectivity index (χ1n) is 6.92. The summed E-state index contributed by atoms with van der Waals surface area (Å²) in [7, 11) is 0. The van der Waals surface area contributed by atoms with Crippen molar-refractivity contribution >= 4 is 23.6 Å². The minimum atomic E-state index is -1.25. The van der Waals surface area contributed by atoms with Crippen LogP contribution in [0.2, 0.25) is 5.02 Å². The lowest BCUT2D eigenvalue weighted by Crippen LogP contribution is -2.56. The van der Waals surface area contributed by atoms with Gasteiger partial charge in [0.1, 0.15) is 5.54 Å². The zero-order valence-corrected chi connectivity index (χ0v) is 13.2. The van der Waals surface area contributed by atoms with Crippen LogP contribution in [0.5, 0.6) is 0 Å². The average Bonchev–Trinajstić information content (AvgIpc) is 2.44. The lowest BCUT2D eigenvalue weighted by molar-refractivity contribution is -0.144. The molecule has 2 amide bonds. The van der Waals surface area contributed by atoms with Crippen LogP contribution in [0.15, 0.2) is 24.3 Å². The van der Waals surface area contributed by atoms with Gasteiger partial charge >= 0.3 is 12.0 Å². The summed E-state index contributed by atoms with van der Waals surface area (Å²) < 4.78 is 0. The third-order valence-corrected chi connectivity index (χ3v) is 4.03. The van der Waals surface area contributed by atoms with Crippen molar-refractivity contribution in [3.63, 3.8) is 0 Å². The predicted molar refractivity (Wildman–Crippen MR) is 82.5 cm³/mol. The van der Waals surface area contributed by atoms with Gasteiger partial charge in [0.15, 0.2) is 0 Å². The van der Waals surface area contributed by atoms with Gasteiger partial charge in [-0.25, -0.2) is 9.59 Å². The maximum atomic E-state index is 12.0. The standard InChI is InChI=1S/C15H21ClN2O3/c1-4-15(5-2,13(19)20)18-14(21)17-10(3)11-8-6-7-9-12(11)16/h6-10H,4-5H2,1-3H3,(H,19,20)(H2,17,18,21). The molecule has 0 bridgehead atoms. The Kier molecular flexibility index (Phi) is 6.03. The molecule has 0 spiro atoms. The van der Waals surface area contributed by atoms with Crippen LogP contribution < -0.4 is 10.6 Å². The number of benzene rings is 1. The lowest BCUT2D eigenvalue weighted by Gasteiger charge is -2.29. The van der Waals surface area contributed by atoms with Gasteiger partial charge in [-0.3, -0.25) is 0 Å². The van der Waals surface area contributed by atoms with E-state index in [2.05, 4.69) is 10.6 Å². The number of halogens is 1. The minimum absolute atomic E-state index is 0.312. The first-order valence-corrected chi connectivity index (χ1v) is 7.30. The zero-order valence-electron chi connectivity index (χ0n) is 12.4. The number of carboxylic acids is 1. The van der Waals surface area contributed by atoms with Gasteiger partial charge in [0.05, 0.1) is 6.04 Å². The van der Waals surface area contributed by atoms with Gasteiger partial charge in [-0.1, -0.05) is 43.6 Å². The maximum absolute atomic E-state index is 12.0. The van der Waals surface area contributed by atoms with E-state index in [0.717, 1.165) is 5.56 Å². The highest BCUT2D eigenvalue weighted by Crippen LogP contribution is 2.22. The number of nitrogens with one attached hydrogen (secondary N) is 2. The van der Waals surface area contributed by atoms with Crippen LogP contribution in [0.3, 0.4) is 0 Å². The molecule has 6 heteroatoms. The fraction of sp³-hybridized carbons (Fsp3) is 0.467. The summed E-state index contributed by atoms with van der Waals surface area (Å²) in [6, 6.07) is 6.36. The normalized spacial score (nSPS) is 12.6. The molecule has 0 aliphatic rings. The molecule has 1 atom stereocenters. The topological polar surface area (TPSA) is 78.4 Å². The number of amides is 2. The number of carbonyl (C=O) groups is 2. The molecular formula is C15H21ClN2O3. The number of carbonyl (C=O) groups excluding carboxylic acids is 1. The van der Waals surface area contributed by atoms with E-state index in [-0.39, 0.29) is 6.04 Å². The molecule has 116 valence electrons. The van der Waals surface area contributed by atoms with E-state index in [1.165, 1.54) is 0 Å². The molecule has 0 radical (unpaired) electrons. The molecule has 3 N–H and O–H groups in total. The number of carboxylic acid groups (broad SMARTS) is 1. The summed E-state index contributed by atoms with van der Waals surface area (Å²) in [4.78, 5) is 23.4. The van der Waals surface area contributed by atoms with Crippen molar-refractivity contribution in [1.29, 1.82) is 0 Å². The number of rotatable bonds is 6. The van der Waals surface area contributed by atoms with Crippen molar-refractivity contribution in [2.24, 2.45) is 0 Å².